The number of rotatable bonds is 0. The standard InChI is InChI=1S/C14H28.2C12H24O2/c1-13(2,3)11-7-9-12(10-8-11)14(4,5)6;2*1-11(2,3)9-7-13-10(14-8-9)12(4,5)6/h11-12H,7-10H2,1-6H3;2*9-10H,7-8H2,1-6H3. The first-order valence-corrected chi connectivity index (χ1v) is 17.1. The van der Waals surface area contributed by atoms with Gasteiger partial charge >= 0.3 is 0 Å². The van der Waals surface area contributed by atoms with Crippen molar-refractivity contribution in [3.05, 3.63) is 0 Å². The van der Waals surface area contributed by atoms with Crippen molar-refractivity contribution in [2.75, 3.05) is 26.4 Å². The van der Waals surface area contributed by atoms with Gasteiger partial charge in [0, 0.05) is 22.7 Å². The predicted molar refractivity (Wildman–Crippen MR) is 181 cm³/mol. The Morgan fingerprint density at radius 3 is 0.619 bits per heavy atom. The lowest BCUT2D eigenvalue weighted by Crippen LogP contribution is -2.43. The normalized spacial score (nSPS) is 30.4. The topological polar surface area (TPSA) is 36.9 Å². The Kier molecular flexibility index (Phi) is 14.2. The minimum absolute atomic E-state index is 0.0406. The van der Waals surface area contributed by atoms with Gasteiger partial charge in [0.2, 0.25) is 0 Å². The summed E-state index contributed by atoms with van der Waals surface area (Å²) in [5, 5.41) is 0. The highest BCUT2D eigenvalue weighted by molar-refractivity contribution is 4.85. The highest BCUT2D eigenvalue weighted by Crippen LogP contribution is 2.45. The number of hydrogen-bond acceptors (Lipinski definition) is 4. The second-order valence-electron chi connectivity index (χ2n) is 20.1. The van der Waals surface area contributed by atoms with E-state index in [0.29, 0.717) is 22.7 Å². The minimum Gasteiger partial charge on any atom is -0.352 e. The Morgan fingerprint density at radius 1 is 0.286 bits per heavy atom. The Hall–Kier alpha value is -0.160. The van der Waals surface area contributed by atoms with Gasteiger partial charge in [-0.3, -0.25) is 0 Å². The van der Waals surface area contributed by atoms with Gasteiger partial charge in [-0.1, -0.05) is 125 Å². The lowest BCUT2D eigenvalue weighted by molar-refractivity contribution is -0.253. The number of ether oxygens (including phenoxy) is 4. The van der Waals surface area contributed by atoms with Crippen LogP contribution in [0.2, 0.25) is 0 Å². The van der Waals surface area contributed by atoms with Crippen molar-refractivity contribution in [3.8, 4) is 0 Å². The van der Waals surface area contributed by atoms with Crippen LogP contribution >= 0.6 is 0 Å². The van der Waals surface area contributed by atoms with Gasteiger partial charge in [0.05, 0.1) is 26.4 Å². The van der Waals surface area contributed by atoms with Crippen LogP contribution in [0.5, 0.6) is 0 Å². The van der Waals surface area contributed by atoms with Crippen molar-refractivity contribution in [1.82, 2.24) is 0 Å². The molecule has 42 heavy (non-hydrogen) atoms. The summed E-state index contributed by atoms with van der Waals surface area (Å²) in [7, 11) is 0. The van der Waals surface area contributed by atoms with E-state index >= 15 is 0 Å². The monoisotopic (exact) mass is 597 g/mol. The van der Waals surface area contributed by atoms with E-state index in [0.717, 1.165) is 38.3 Å². The zero-order valence-electron chi connectivity index (χ0n) is 31.8. The fourth-order valence-electron chi connectivity index (χ4n) is 5.83. The molecule has 0 radical (unpaired) electrons. The second kappa shape index (κ2) is 15.0. The third-order valence-corrected chi connectivity index (χ3v) is 9.84. The fourth-order valence-corrected chi connectivity index (χ4v) is 5.83. The lowest BCUT2D eigenvalue weighted by Gasteiger charge is -2.41. The van der Waals surface area contributed by atoms with Gasteiger partial charge in [0.15, 0.2) is 12.6 Å². The maximum absolute atomic E-state index is 5.76. The molecule has 0 bridgehead atoms. The van der Waals surface area contributed by atoms with E-state index < -0.39 is 0 Å². The summed E-state index contributed by atoms with van der Waals surface area (Å²) in [6.45, 7) is 44.0. The molecule has 3 aliphatic rings. The van der Waals surface area contributed by atoms with Crippen molar-refractivity contribution < 1.29 is 18.9 Å². The van der Waals surface area contributed by atoms with Gasteiger partial charge in [-0.05, 0) is 59.2 Å². The van der Waals surface area contributed by atoms with Crippen LogP contribution in [0.4, 0.5) is 0 Å². The van der Waals surface area contributed by atoms with Crippen molar-refractivity contribution in [2.24, 2.45) is 56.2 Å². The van der Waals surface area contributed by atoms with Crippen LogP contribution in [-0.2, 0) is 18.9 Å². The minimum atomic E-state index is -0.0406. The molecule has 4 nitrogen and oxygen atoms in total. The summed E-state index contributed by atoms with van der Waals surface area (Å²) in [5.41, 5.74) is 1.79. The fraction of sp³-hybridized carbons (Fsp3) is 1.00. The van der Waals surface area contributed by atoms with E-state index in [9.17, 15) is 0 Å². The van der Waals surface area contributed by atoms with Gasteiger partial charge in [0.25, 0.3) is 0 Å². The molecule has 1 aliphatic carbocycles. The summed E-state index contributed by atoms with van der Waals surface area (Å²) in [6.07, 6.45) is 5.72. The van der Waals surface area contributed by atoms with Crippen LogP contribution < -0.4 is 0 Å². The quantitative estimate of drug-likeness (QED) is 0.279. The third-order valence-electron chi connectivity index (χ3n) is 9.84. The molecule has 252 valence electrons. The van der Waals surface area contributed by atoms with Crippen molar-refractivity contribution >= 4 is 0 Å². The van der Waals surface area contributed by atoms with E-state index in [-0.39, 0.29) is 34.2 Å². The Bertz CT molecular complexity index is 565. The molecule has 0 aromatic carbocycles. The van der Waals surface area contributed by atoms with Gasteiger partial charge in [-0.15, -0.1) is 0 Å². The molecule has 0 unspecified atom stereocenters. The van der Waals surface area contributed by atoms with Crippen LogP contribution in [0.15, 0.2) is 0 Å². The van der Waals surface area contributed by atoms with Gasteiger partial charge in [0.1, 0.15) is 0 Å². The molecule has 0 atom stereocenters. The second-order valence-corrected chi connectivity index (χ2v) is 20.1. The average Bonchev–Trinajstić information content (AvgIpc) is 2.82. The zero-order valence-corrected chi connectivity index (χ0v) is 31.8. The largest absolute Gasteiger partial charge is 0.352 e. The van der Waals surface area contributed by atoms with E-state index in [1.807, 2.05) is 0 Å². The smallest absolute Gasteiger partial charge is 0.162 e. The summed E-state index contributed by atoms with van der Waals surface area (Å²) >= 11 is 0. The third kappa shape index (κ3) is 13.9. The first-order chi connectivity index (χ1) is 18.6. The molecule has 0 amide bonds. The van der Waals surface area contributed by atoms with E-state index in [1.165, 1.54) is 25.7 Å². The molecule has 3 rings (SSSR count). The molecule has 2 aliphatic heterocycles. The summed E-state index contributed by atoms with van der Waals surface area (Å²) in [6, 6.07) is 0. The highest BCUT2D eigenvalue weighted by Gasteiger charge is 2.37. The van der Waals surface area contributed by atoms with Gasteiger partial charge < -0.3 is 18.9 Å². The Labute approximate surface area is 264 Å². The molecule has 0 aromatic heterocycles. The van der Waals surface area contributed by atoms with E-state index in [1.54, 1.807) is 0 Å². The van der Waals surface area contributed by atoms with Crippen molar-refractivity contribution in [2.45, 2.75) is 163 Å². The summed E-state index contributed by atoms with van der Waals surface area (Å²) in [4.78, 5) is 0. The molecule has 1 saturated carbocycles. The highest BCUT2D eigenvalue weighted by atomic mass is 16.7. The predicted octanol–water partition coefficient (Wildman–Crippen LogP) is 11.0. The van der Waals surface area contributed by atoms with Crippen LogP contribution in [0.3, 0.4) is 0 Å². The van der Waals surface area contributed by atoms with Crippen molar-refractivity contribution in [3.63, 3.8) is 0 Å². The van der Waals surface area contributed by atoms with Gasteiger partial charge in [-0.25, -0.2) is 0 Å². The molecule has 0 spiro atoms. The average molecular weight is 597 g/mol. The Balaban J connectivity index is 0.000000315. The van der Waals surface area contributed by atoms with Crippen LogP contribution in [0.25, 0.3) is 0 Å². The lowest BCUT2D eigenvalue weighted by atomic mass is 9.64. The van der Waals surface area contributed by atoms with Gasteiger partial charge in [-0.2, -0.15) is 0 Å². The van der Waals surface area contributed by atoms with Crippen molar-refractivity contribution in [1.29, 1.82) is 0 Å². The van der Waals surface area contributed by atoms with E-state index in [2.05, 4.69) is 125 Å². The molecular weight excluding hydrogens is 520 g/mol. The maximum Gasteiger partial charge on any atom is 0.162 e. The van der Waals surface area contributed by atoms with E-state index in [4.69, 9.17) is 18.9 Å². The van der Waals surface area contributed by atoms with Crippen LogP contribution in [0.1, 0.15) is 150 Å². The zero-order chi connectivity index (χ0) is 32.9. The number of hydrogen-bond donors (Lipinski definition) is 0. The summed E-state index contributed by atoms with van der Waals surface area (Å²) < 4.78 is 23.0. The molecule has 2 heterocycles. The molecule has 2 saturated heterocycles. The maximum atomic E-state index is 5.76. The van der Waals surface area contributed by atoms with Crippen LogP contribution in [0, 0.1) is 56.2 Å². The molecule has 0 N–H and O–H groups in total. The molecular formula is C38H76O4. The molecule has 3 fully saturated rings. The molecule has 0 aromatic rings. The summed E-state index contributed by atoms with van der Waals surface area (Å²) in [5.74, 6) is 2.95. The first kappa shape index (κ1) is 39.9. The first-order valence-electron chi connectivity index (χ1n) is 17.1. The molecule has 4 heteroatoms. The Morgan fingerprint density at radius 2 is 0.476 bits per heavy atom. The van der Waals surface area contributed by atoms with Crippen LogP contribution in [-0.4, -0.2) is 39.0 Å². The SMILES string of the molecule is CC(C)(C)C1CCC(C(C)(C)C)CC1.CC(C)(C)C1COC(C(C)(C)C)OC1.CC(C)(C)C1COC(C(C)(C)C)OC1.